The molecule has 0 saturated heterocycles. The smallest absolute Gasteiger partial charge is 0.158 e. The van der Waals surface area contributed by atoms with Crippen LogP contribution >= 0.6 is 0 Å². The summed E-state index contributed by atoms with van der Waals surface area (Å²) in [7, 11) is 1.48. The normalized spacial score (nSPS) is 10.6. The van der Waals surface area contributed by atoms with Gasteiger partial charge >= 0.3 is 0 Å². The van der Waals surface area contributed by atoms with Crippen molar-refractivity contribution in [2.75, 3.05) is 13.7 Å². The minimum absolute atomic E-state index is 0.0208. The van der Waals surface area contributed by atoms with E-state index in [0.717, 1.165) is 24.4 Å². The Labute approximate surface area is 107 Å². The van der Waals surface area contributed by atoms with Crippen LogP contribution in [0, 0.1) is 6.92 Å². The van der Waals surface area contributed by atoms with Crippen LogP contribution in [-0.4, -0.2) is 25.3 Å². The molecule has 4 nitrogen and oxygen atoms in total. The zero-order valence-corrected chi connectivity index (χ0v) is 11.0. The van der Waals surface area contributed by atoms with Gasteiger partial charge < -0.3 is 9.15 Å². The largest absolute Gasteiger partial charge is 0.466 e. The molecule has 4 heteroatoms. The second-order valence-corrected chi connectivity index (χ2v) is 4.38. The highest BCUT2D eigenvalue weighted by Crippen LogP contribution is 2.10. The maximum absolute atomic E-state index is 11.5. The number of Topliss-reactive ketones (excluding diaryl/α,β-unsaturated/α-hetero) is 2. The third-order valence-corrected chi connectivity index (χ3v) is 2.66. The topological polar surface area (TPSA) is 56.5 Å². The molecule has 0 atom stereocenters. The van der Waals surface area contributed by atoms with Gasteiger partial charge in [-0.25, -0.2) is 0 Å². The highest BCUT2D eigenvalue weighted by Gasteiger charge is 2.07. The number of aryl methyl sites for hydroxylation is 2. The van der Waals surface area contributed by atoms with Crippen molar-refractivity contribution in [3.05, 3.63) is 23.7 Å². The zero-order valence-electron chi connectivity index (χ0n) is 11.0. The molecule has 0 fully saturated rings. The number of ether oxygens (including phenoxy) is 1. The van der Waals surface area contributed by atoms with E-state index in [1.807, 2.05) is 19.1 Å². The standard InChI is InChI=1S/C14H20O4/c1-11-6-9-14(18-11)5-3-4-12(15)7-8-13(16)10-17-2/h6,9H,3-5,7-8,10H2,1-2H3. The monoisotopic (exact) mass is 252 g/mol. The number of carbonyl (C=O) groups excluding carboxylic acids is 2. The molecule has 0 unspecified atom stereocenters. The Kier molecular flexibility index (Phi) is 6.36. The number of carbonyl (C=O) groups is 2. The van der Waals surface area contributed by atoms with E-state index in [9.17, 15) is 9.59 Å². The van der Waals surface area contributed by atoms with Crippen LogP contribution in [0.25, 0.3) is 0 Å². The molecule has 0 aromatic carbocycles. The van der Waals surface area contributed by atoms with Crippen molar-refractivity contribution in [2.45, 2.75) is 39.0 Å². The second-order valence-electron chi connectivity index (χ2n) is 4.38. The Hall–Kier alpha value is -1.42. The van der Waals surface area contributed by atoms with Crippen molar-refractivity contribution < 1.29 is 18.7 Å². The molecule has 18 heavy (non-hydrogen) atoms. The first-order valence-electron chi connectivity index (χ1n) is 6.19. The quantitative estimate of drug-likeness (QED) is 0.677. The van der Waals surface area contributed by atoms with Crippen LogP contribution < -0.4 is 0 Å². The number of ketones is 2. The molecule has 0 spiro atoms. The van der Waals surface area contributed by atoms with Crippen LogP contribution in [-0.2, 0) is 20.7 Å². The van der Waals surface area contributed by atoms with Crippen molar-refractivity contribution >= 4 is 11.6 Å². The summed E-state index contributed by atoms with van der Waals surface area (Å²) in [5.41, 5.74) is 0. The van der Waals surface area contributed by atoms with Gasteiger partial charge in [0.25, 0.3) is 0 Å². The molecule has 1 heterocycles. The molecular weight excluding hydrogens is 232 g/mol. The first-order chi connectivity index (χ1) is 8.61. The lowest BCUT2D eigenvalue weighted by Gasteiger charge is -2.00. The van der Waals surface area contributed by atoms with E-state index in [2.05, 4.69) is 0 Å². The fraction of sp³-hybridized carbons (Fsp3) is 0.571. The van der Waals surface area contributed by atoms with Crippen molar-refractivity contribution in [1.82, 2.24) is 0 Å². The highest BCUT2D eigenvalue weighted by atomic mass is 16.5. The van der Waals surface area contributed by atoms with Crippen LogP contribution in [0.5, 0.6) is 0 Å². The van der Waals surface area contributed by atoms with Crippen molar-refractivity contribution in [2.24, 2.45) is 0 Å². The minimum atomic E-state index is -0.0208. The number of hydrogen-bond donors (Lipinski definition) is 0. The van der Waals surface area contributed by atoms with Gasteiger partial charge in [-0.05, 0) is 25.5 Å². The number of furan rings is 1. The molecular formula is C14H20O4. The van der Waals surface area contributed by atoms with Crippen molar-refractivity contribution in [1.29, 1.82) is 0 Å². The minimum Gasteiger partial charge on any atom is -0.466 e. The van der Waals surface area contributed by atoms with Gasteiger partial charge in [-0.3, -0.25) is 9.59 Å². The molecule has 100 valence electrons. The third-order valence-electron chi connectivity index (χ3n) is 2.66. The van der Waals surface area contributed by atoms with Gasteiger partial charge in [0.05, 0.1) is 0 Å². The highest BCUT2D eigenvalue weighted by molar-refractivity contribution is 5.86. The van der Waals surface area contributed by atoms with Crippen LogP contribution in [0.1, 0.15) is 37.2 Å². The lowest BCUT2D eigenvalue weighted by atomic mass is 10.1. The summed E-state index contributed by atoms with van der Waals surface area (Å²) in [6.07, 6.45) is 2.64. The summed E-state index contributed by atoms with van der Waals surface area (Å²) in [4.78, 5) is 22.7. The molecule has 1 rings (SSSR count). The summed E-state index contributed by atoms with van der Waals surface area (Å²) in [6, 6.07) is 3.85. The van der Waals surface area contributed by atoms with Crippen LogP contribution in [0.15, 0.2) is 16.5 Å². The Balaban J connectivity index is 2.12. The molecule has 0 aliphatic heterocycles. The van der Waals surface area contributed by atoms with E-state index in [0.29, 0.717) is 12.8 Å². The van der Waals surface area contributed by atoms with Crippen LogP contribution in [0.2, 0.25) is 0 Å². The number of hydrogen-bond acceptors (Lipinski definition) is 4. The predicted octanol–water partition coefficient (Wildman–Crippen LogP) is 2.48. The van der Waals surface area contributed by atoms with E-state index in [1.165, 1.54) is 7.11 Å². The lowest BCUT2D eigenvalue weighted by Crippen LogP contribution is -2.09. The van der Waals surface area contributed by atoms with Gasteiger partial charge in [-0.2, -0.15) is 0 Å². The molecule has 0 aliphatic rings. The Morgan fingerprint density at radius 2 is 1.89 bits per heavy atom. The van der Waals surface area contributed by atoms with Gasteiger partial charge in [-0.15, -0.1) is 0 Å². The fourth-order valence-electron chi connectivity index (χ4n) is 1.72. The molecule has 0 amide bonds. The summed E-state index contributed by atoms with van der Waals surface area (Å²) in [6.45, 7) is 2.00. The Morgan fingerprint density at radius 1 is 1.17 bits per heavy atom. The van der Waals surface area contributed by atoms with Crippen LogP contribution in [0.3, 0.4) is 0 Å². The Bertz CT molecular complexity index is 392. The molecule has 0 saturated carbocycles. The summed E-state index contributed by atoms with van der Waals surface area (Å²) >= 11 is 0. The molecule has 1 aromatic rings. The summed E-state index contributed by atoms with van der Waals surface area (Å²) in [5, 5.41) is 0. The first kappa shape index (κ1) is 14.6. The van der Waals surface area contributed by atoms with Gasteiger partial charge in [-0.1, -0.05) is 0 Å². The van der Waals surface area contributed by atoms with Gasteiger partial charge in [0, 0.05) is 32.8 Å². The van der Waals surface area contributed by atoms with Crippen molar-refractivity contribution in [3.8, 4) is 0 Å². The van der Waals surface area contributed by atoms with Gasteiger partial charge in [0.1, 0.15) is 23.9 Å². The van der Waals surface area contributed by atoms with E-state index >= 15 is 0 Å². The summed E-state index contributed by atoms with van der Waals surface area (Å²) in [5.74, 6) is 1.91. The average molecular weight is 252 g/mol. The van der Waals surface area contributed by atoms with E-state index < -0.39 is 0 Å². The van der Waals surface area contributed by atoms with E-state index in [-0.39, 0.29) is 24.6 Å². The molecule has 0 radical (unpaired) electrons. The second kappa shape index (κ2) is 7.82. The van der Waals surface area contributed by atoms with Crippen molar-refractivity contribution in [3.63, 3.8) is 0 Å². The maximum Gasteiger partial charge on any atom is 0.158 e. The molecule has 1 aromatic heterocycles. The molecule has 0 aliphatic carbocycles. The third kappa shape index (κ3) is 5.77. The number of methoxy groups -OCH3 is 1. The lowest BCUT2D eigenvalue weighted by molar-refractivity contribution is -0.126. The predicted molar refractivity (Wildman–Crippen MR) is 67.5 cm³/mol. The Morgan fingerprint density at radius 3 is 2.50 bits per heavy atom. The van der Waals surface area contributed by atoms with E-state index in [4.69, 9.17) is 9.15 Å². The van der Waals surface area contributed by atoms with Gasteiger partial charge in [0.15, 0.2) is 5.78 Å². The average Bonchev–Trinajstić information content (AvgIpc) is 2.73. The molecule has 0 N–H and O–H groups in total. The maximum atomic E-state index is 11.5. The number of rotatable bonds is 9. The summed E-state index contributed by atoms with van der Waals surface area (Å²) < 4.78 is 10.1. The van der Waals surface area contributed by atoms with Gasteiger partial charge in [0.2, 0.25) is 0 Å². The zero-order chi connectivity index (χ0) is 13.4. The first-order valence-corrected chi connectivity index (χ1v) is 6.19. The SMILES string of the molecule is COCC(=O)CCC(=O)CCCc1ccc(C)o1. The fourth-order valence-corrected chi connectivity index (χ4v) is 1.72. The van der Waals surface area contributed by atoms with Crippen LogP contribution in [0.4, 0.5) is 0 Å². The molecule has 0 bridgehead atoms. The van der Waals surface area contributed by atoms with E-state index in [1.54, 1.807) is 0 Å².